The van der Waals surface area contributed by atoms with E-state index >= 15 is 0 Å². The van der Waals surface area contributed by atoms with Crippen molar-refractivity contribution in [2.45, 2.75) is 19.6 Å². The number of morpholine rings is 1. The van der Waals surface area contributed by atoms with Gasteiger partial charge in [0.05, 0.1) is 24.8 Å². The van der Waals surface area contributed by atoms with Gasteiger partial charge < -0.3 is 4.74 Å². The molecule has 1 unspecified atom stereocenters. The third-order valence-corrected chi connectivity index (χ3v) is 4.14. The number of thiophene rings is 1. The molecule has 0 bridgehead atoms. The summed E-state index contributed by atoms with van der Waals surface area (Å²) in [5, 5.41) is 6.71. The standard InChI is InChI=1S/C13H17N3OS/c1-11-9-17-7-6-15(11)10-16-5-4-12(14-16)13-3-2-8-18-13/h2-5,8,11H,6-7,9-10H2,1H3. The average molecular weight is 263 g/mol. The van der Waals surface area contributed by atoms with E-state index in [-0.39, 0.29) is 0 Å². The molecule has 18 heavy (non-hydrogen) atoms. The fourth-order valence-corrected chi connectivity index (χ4v) is 2.84. The van der Waals surface area contributed by atoms with Crippen LogP contribution in [-0.2, 0) is 11.4 Å². The Hall–Kier alpha value is -1.17. The molecule has 0 N–H and O–H groups in total. The maximum atomic E-state index is 5.44. The van der Waals surface area contributed by atoms with Gasteiger partial charge in [0.25, 0.3) is 0 Å². The monoisotopic (exact) mass is 263 g/mol. The van der Waals surface area contributed by atoms with Crippen molar-refractivity contribution in [3.8, 4) is 10.6 Å². The third-order valence-electron chi connectivity index (χ3n) is 3.25. The van der Waals surface area contributed by atoms with Crippen molar-refractivity contribution in [2.75, 3.05) is 19.8 Å². The van der Waals surface area contributed by atoms with Crippen molar-refractivity contribution in [1.82, 2.24) is 14.7 Å². The van der Waals surface area contributed by atoms with Gasteiger partial charge in [0.2, 0.25) is 0 Å². The van der Waals surface area contributed by atoms with Crippen LogP contribution in [0.1, 0.15) is 6.92 Å². The minimum absolute atomic E-state index is 0.466. The fourth-order valence-electron chi connectivity index (χ4n) is 2.15. The lowest BCUT2D eigenvalue weighted by atomic mass is 10.3. The van der Waals surface area contributed by atoms with E-state index in [1.807, 2.05) is 4.68 Å². The second-order valence-electron chi connectivity index (χ2n) is 4.60. The van der Waals surface area contributed by atoms with Gasteiger partial charge in [-0.05, 0) is 24.4 Å². The molecule has 2 aromatic rings. The summed E-state index contributed by atoms with van der Waals surface area (Å²) in [5.41, 5.74) is 1.06. The highest BCUT2D eigenvalue weighted by molar-refractivity contribution is 7.13. The lowest BCUT2D eigenvalue weighted by Gasteiger charge is -2.32. The van der Waals surface area contributed by atoms with Crippen LogP contribution in [0.2, 0.25) is 0 Å². The van der Waals surface area contributed by atoms with Crippen LogP contribution in [0.3, 0.4) is 0 Å². The molecule has 1 atom stereocenters. The van der Waals surface area contributed by atoms with Gasteiger partial charge in [0, 0.05) is 18.8 Å². The SMILES string of the molecule is CC1COCCN1Cn1ccc(-c2cccs2)n1. The van der Waals surface area contributed by atoms with Gasteiger partial charge in [0.15, 0.2) is 0 Å². The normalized spacial score (nSPS) is 21.3. The van der Waals surface area contributed by atoms with Crippen LogP contribution in [0.4, 0.5) is 0 Å². The minimum atomic E-state index is 0.466. The van der Waals surface area contributed by atoms with Crippen molar-refractivity contribution < 1.29 is 4.74 Å². The van der Waals surface area contributed by atoms with Gasteiger partial charge in [-0.1, -0.05) is 6.07 Å². The first-order valence-electron chi connectivity index (χ1n) is 6.22. The number of nitrogens with zero attached hydrogens (tertiary/aromatic N) is 3. The summed E-state index contributed by atoms with van der Waals surface area (Å²) in [7, 11) is 0. The van der Waals surface area contributed by atoms with Gasteiger partial charge >= 0.3 is 0 Å². The van der Waals surface area contributed by atoms with Gasteiger partial charge in [0.1, 0.15) is 5.69 Å². The highest BCUT2D eigenvalue weighted by Gasteiger charge is 2.19. The van der Waals surface area contributed by atoms with Crippen molar-refractivity contribution >= 4 is 11.3 Å². The molecule has 4 nitrogen and oxygen atoms in total. The van der Waals surface area contributed by atoms with Gasteiger partial charge in [-0.15, -0.1) is 11.3 Å². The van der Waals surface area contributed by atoms with Crippen molar-refractivity contribution in [2.24, 2.45) is 0 Å². The Labute approximate surface area is 111 Å². The molecule has 3 heterocycles. The van der Waals surface area contributed by atoms with E-state index in [1.165, 1.54) is 4.88 Å². The predicted octanol–water partition coefficient (Wildman–Crippen LogP) is 2.29. The molecule has 1 aliphatic rings. The van der Waals surface area contributed by atoms with Gasteiger partial charge in [-0.2, -0.15) is 5.10 Å². The Bertz CT molecular complexity index is 494. The summed E-state index contributed by atoms with van der Waals surface area (Å²) in [6, 6.07) is 6.71. The molecule has 1 aliphatic heterocycles. The summed E-state index contributed by atoms with van der Waals surface area (Å²) < 4.78 is 7.45. The topological polar surface area (TPSA) is 30.3 Å². The Morgan fingerprint density at radius 2 is 2.44 bits per heavy atom. The van der Waals surface area contributed by atoms with Crippen LogP contribution in [0, 0.1) is 0 Å². The zero-order valence-electron chi connectivity index (χ0n) is 10.5. The number of hydrogen-bond donors (Lipinski definition) is 0. The maximum absolute atomic E-state index is 5.44. The van der Waals surface area contributed by atoms with Crippen LogP contribution in [0.15, 0.2) is 29.8 Å². The quantitative estimate of drug-likeness (QED) is 0.851. The molecular formula is C13H17N3OS. The van der Waals surface area contributed by atoms with E-state index in [0.717, 1.165) is 32.1 Å². The van der Waals surface area contributed by atoms with E-state index in [4.69, 9.17) is 4.74 Å². The highest BCUT2D eigenvalue weighted by atomic mass is 32.1. The van der Waals surface area contributed by atoms with Gasteiger partial charge in [-0.25, -0.2) is 0 Å². The highest BCUT2D eigenvalue weighted by Crippen LogP contribution is 2.22. The summed E-state index contributed by atoms with van der Waals surface area (Å²) in [6.45, 7) is 5.66. The predicted molar refractivity (Wildman–Crippen MR) is 72.5 cm³/mol. The first-order valence-corrected chi connectivity index (χ1v) is 7.10. The zero-order chi connectivity index (χ0) is 12.4. The summed E-state index contributed by atoms with van der Waals surface area (Å²) in [6.07, 6.45) is 2.05. The Kier molecular flexibility index (Phi) is 3.45. The maximum Gasteiger partial charge on any atom is 0.102 e. The van der Waals surface area contributed by atoms with Crippen molar-refractivity contribution in [3.63, 3.8) is 0 Å². The summed E-state index contributed by atoms with van der Waals surface area (Å²) in [5.74, 6) is 0. The zero-order valence-corrected chi connectivity index (χ0v) is 11.3. The van der Waals surface area contributed by atoms with E-state index in [1.54, 1.807) is 11.3 Å². The van der Waals surface area contributed by atoms with Gasteiger partial charge in [-0.3, -0.25) is 9.58 Å². The number of hydrogen-bond acceptors (Lipinski definition) is 4. The second kappa shape index (κ2) is 5.22. The largest absolute Gasteiger partial charge is 0.379 e. The molecule has 1 fully saturated rings. The summed E-state index contributed by atoms with van der Waals surface area (Å²) >= 11 is 1.73. The Balaban J connectivity index is 1.70. The fraction of sp³-hybridized carbons (Fsp3) is 0.462. The van der Waals surface area contributed by atoms with E-state index in [2.05, 4.69) is 46.7 Å². The lowest BCUT2D eigenvalue weighted by Crippen LogP contribution is -2.44. The molecule has 0 spiro atoms. The molecule has 0 amide bonds. The smallest absolute Gasteiger partial charge is 0.102 e. The summed E-state index contributed by atoms with van der Waals surface area (Å²) in [4.78, 5) is 3.62. The number of aromatic nitrogens is 2. The molecule has 3 rings (SSSR count). The number of ether oxygens (including phenoxy) is 1. The van der Waals surface area contributed by atoms with Crippen molar-refractivity contribution in [3.05, 3.63) is 29.8 Å². The van der Waals surface area contributed by atoms with Crippen LogP contribution in [-0.4, -0.2) is 40.5 Å². The van der Waals surface area contributed by atoms with Crippen LogP contribution < -0.4 is 0 Å². The molecular weight excluding hydrogens is 246 g/mol. The molecule has 5 heteroatoms. The average Bonchev–Trinajstić information content (AvgIpc) is 3.02. The minimum Gasteiger partial charge on any atom is -0.379 e. The third kappa shape index (κ3) is 2.48. The van der Waals surface area contributed by atoms with E-state index in [0.29, 0.717) is 6.04 Å². The molecule has 0 saturated carbocycles. The molecule has 0 aliphatic carbocycles. The van der Waals surface area contributed by atoms with E-state index in [9.17, 15) is 0 Å². The molecule has 96 valence electrons. The van der Waals surface area contributed by atoms with Crippen molar-refractivity contribution in [1.29, 1.82) is 0 Å². The lowest BCUT2D eigenvalue weighted by molar-refractivity contribution is -0.0171. The Morgan fingerprint density at radius 3 is 3.22 bits per heavy atom. The first-order chi connectivity index (χ1) is 8.83. The molecule has 0 radical (unpaired) electrons. The Morgan fingerprint density at radius 1 is 1.50 bits per heavy atom. The van der Waals surface area contributed by atoms with Crippen LogP contribution >= 0.6 is 11.3 Å². The first kappa shape index (κ1) is 11.9. The van der Waals surface area contributed by atoms with Crippen LogP contribution in [0.5, 0.6) is 0 Å². The molecule has 1 saturated heterocycles. The van der Waals surface area contributed by atoms with E-state index < -0.39 is 0 Å². The second-order valence-corrected chi connectivity index (χ2v) is 5.54. The molecule has 2 aromatic heterocycles. The molecule has 0 aromatic carbocycles. The van der Waals surface area contributed by atoms with Crippen LogP contribution in [0.25, 0.3) is 10.6 Å². The number of rotatable bonds is 3.